The van der Waals surface area contributed by atoms with E-state index < -0.39 is 11.7 Å². The molecule has 8 nitrogen and oxygen atoms in total. The third kappa shape index (κ3) is 8.88. The van der Waals surface area contributed by atoms with Gasteiger partial charge < -0.3 is 25.6 Å². The van der Waals surface area contributed by atoms with Crippen molar-refractivity contribution in [1.29, 1.82) is 0 Å². The van der Waals surface area contributed by atoms with Gasteiger partial charge in [0, 0.05) is 39.3 Å². The summed E-state index contributed by atoms with van der Waals surface area (Å²) in [4.78, 5) is 29.6. The summed E-state index contributed by atoms with van der Waals surface area (Å²) >= 11 is 0. The molecule has 2 rings (SSSR count). The van der Waals surface area contributed by atoms with Crippen LogP contribution in [-0.4, -0.2) is 54.6 Å². The third-order valence-corrected chi connectivity index (χ3v) is 4.12. The largest absolute Gasteiger partial charge is 0.444 e. The molecule has 1 aromatic carbocycles. The summed E-state index contributed by atoms with van der Waals surface area (Å²) in [6, 6.07) is 7.70. The number of anilines is 1. The average Bonchev–Trinajstić information content (AvgIpc) is 3.01. The Hall–Kier alpha value is -2.04. The first-order valence-corrected chi connectivity index (χ1v) is 9.48. The molecule has 29 heavy (non-hydrogen) atoms. The number of aliphatic imine (C=N–C) groups is 1. The predicted molar refractivity (Wildman–Crippen MR) is 126 cm³/mol. The predicted octanol–water partition coefficient (Wildman–Crippen LogP) is 2.94. The number of nitrogens with one attached hydrogen (secondary N) is 3. The first-order valence-electron chi connectivity index (χ1n) is 9.48. The summed E-state index contributed by atoms with van der Waals surface area (Å²) in [5.41, 5.74) is 1.30. The van der Waals surface area contributed by atoms with E-state index in [2.05, 4.69) is 25.8 Å². The number of amides is 2. The fourth-order valence-electron chi connectivity index (χ4n) is 3.02. The van der Waals surface area contributed by atoms with Crippen LogP contribution in [0.25, 0.3) is 0 Å². The molecule has 1 heterocycles. The molecule has 2 amide bonds. The van der Waals surface area contributed by atoms with Gasteiger partial charge in [0.25, 0.3) is 0 Å². The van der Waals surface area contributed by atoms with Crippen LogP contribution in [0.2, 0.25) is 0 Å². The van der Waals surface area contributed by atoms with Gasteiger partial charge in [-0.3, -0.25) is 9.79 Å². The molecule has 0 bridgehead atoms. The van der Waals surface area contributed by atoms with Crippen LogP contribution in [0, 0.1) is 0 Å². The van der Waals surface area contributed by atoms with Gasteiger partial charge in [-0.2, -0.15) is 0 Å². The number of nitrogens with zero attached hydrogens (tertiary/aromatic N) is 2. The molecule has 0 spiro atoms. The lowest BCUT2D eigenvalue weighted by molar-refractivity contribution is -0.114. The molecule has 3 N–H and O–H groups in total. The zero-order chi connectivity index (χ0) is 20.7. The second kappa shape index (κ2) is 11.2. The van der Waals surface area contributed by atoms with Gasteiger partial charge in [-0.1, -0.05) is 12.1 Å². The van der Waals surface area contributed by atoms with Crippen molar-refractivity contribution in [3.05, 3.63) is 29.8 Å². The Balaban J connectivity index is 0.00000420. The Labute approximate surface area is 189 Å². The fraction of sp³-hybridized carbons (Fsp3) is 0.550. The van der Waals surface area contributed by atoms with E-state index in [1.54, 1.807) is 7.05 Å². The van der Waals surface area contributed by atoms with Crippen LogP contribution in [0.15, 0.2) is 29.3 Å². The molecule has 1 unspecified atom stereocenters. The van der Waals surface area contributed by atoms with Crippen molar-refractivity contribution < 1.29 is 14.3 Å². The van der Waals surface area contributed by atoms with Gasteiger partial charge in [0.15, 0.2) is 5.96 Å². The maximum Gasteiger partial charge on any atom is 0.407 e. The SMILES string of the molecule is CN=C(NCc1cccc(NC(C)=O)c1)N1CCC(NC(=O)OC(C)(C)C)C1.I. The number of hydrogen-bond donors (Lipinski definition) is 3. The maximum absolute atomic E-state index is 12.0. The molecule has 1 aliphatic heterocycles. The van der Waals surface area contributed by atoms with E-state index in [1.165, 1.54) is 6.92 Å². The van der Waals surface area contributed by atoms with E-state index in [-0.39, 0.29) is 35.9 Å². The number of guanidine groups is 1. The van der Waals surface area contributed by atoms with Crippen molar-refractivity contribution >= 4 is 47.6 Å². The monoisotopic (exact) mass is 517 g/mol. The second-order valence-corrected chi connectivity index (χ2v) is 7.86. The number of hydrogen-bond acceptors (Lipinski definition) is 4. The summed E-state index contributed by atoms with van der Waals surface area (Å²) in [5, 5.41) is 9.04. The summed E-state index contributed by atoms with van der Waals surface area (Å²) in [7, 11) is 1.74. The molecule has 0 aromatic heterocycles. The lowest BCUT2D eigenvalue weighted by Crippen LogP contribution is -2.44. The van der Waals surface area contributed by atoms with Gasteiger partial charge in [-0.05, 0) is 44.9 Å². The molecule has 1 saturated heterocycles. The van der Waals surface area contributed by atoms with Gasteiger partial charge in [-0.15, -0.1) is 24.0 Å². The zero-order valence-electron chi connectivity index (χ0n) is 17.7. The van der Waals surface area contributed by atoms with Crippen LogP contribution in [0.5, 0.6) is 0 Å². The number of benzene rings is 1. The van der Waals surface area contributed by atoms with Crippen LogP contribution in [0.3, 0.4) is 0 Å². The molecule has 162 valence electrons. The Morgan fingerprint density at radius 2 is 2.03 bits per heavy atom. The van der Waals surface area contributed by atoms with E-state index in [4.69, 9.17) is 4.74 Å². The molecule has 1 aromatic rings. The molecule has 0 aliphatic carbocycles. The first kappa shape index (κ1) is 25.0. The lowest BCUT2D eigenvalue weighted by atomic mass is 10.2. The van der Waals surface area contributed by atoms with Gasteiger partial charge in [0.05, 0.1) is 6.04 Å². The third-order valence-electron chi connectivity index (χ3n) is 4.12. The highest BCUT2D eigenvalue weighted by molar-refractivity contribution is 14.0. The van der Waals surface area contributed by atoms with Crippen molar-refractivity contribution in [2.45, 2.75) is 52.3 Å². The molecular formula is C20H32IN5O3. The molecule has 0 radical (unpaired) electrons. The topological polar surface area (TPSA) is 95.1 Å². The number of halogens is 1. The Bertz CT molecular complexity index is 733. The highest BCUT2D eigenvalue weighted by Gasteiger charge is 2.27. The zero-order valence-corrected chi connectivity index (χ0v) is 20.1. The summed E-state index contributed by atoms with van der Waals surface area (Å²) in [6.07, 6.45) is 0.440. The first-order chi connectivity index (χ1) is 13.2. The normalized spacial score (nSPS) is 16.7. The number of likely N-dealkylation sites (tertiary alicyclic amines) is 1. The van der Waals surface area contributed by atoms with E-state index in [9.17, 15) is 9.59 Å². The molecule has 1 fully saturated rings. The fourth-order valence-corrected chi connectivity index (χ4v) is 3.02. The average molecular weight is 517 g/mol. The van der Waals surface area contributed by atoms with E-state index in [1.807, 2.05) is 45.0 Å². The van der Waals surface area contributed by atoms with Crippen molar-refractivity contribution in [3.8, 4) is 0 Å². The minimum atomic E-state index is -0.508. The maximum atomic E-state index is 12.0. The molecular weight excluding hydrogens is 485 g/mol. The van der Waals surface area contributed by atoms with Crippen LogP contribution in [0.1, 0.15) is 39.7 Å². The summed E-state index contributed by atoms with van der Waals surface area (Å²) in [5.74, 6) is 0.680. The summed E-state index contributed by atoms with van der Waals surface area (Å²) in [6.45, 7) is 9.08. The van der Waals surface area contributed by atoms with E-state index in [0.717, 1.165) is 30.2 Å². The Morgan fingerprint density at radius 3 is 2.66 bits per heavy atom. The van der Waals surface area contributed by atoms with Crippen LogP contribution in [-0.2, 0) is 16.1 Å². The van der Waals surface area contributed by atoms with E-state index in [0.29, 0.717) is 13.1 Å². The highest BCUT2D eigenvalue weighted by Crippen LogP contribution is 2.13. The minimum Gasteiger partial charge on any atom is -0.444 e. The quantitative estimate of drug-likeness (QED) is 0.325. The Morgan fingerprint density at radius 1 is 1.31 bits per heavy atom. The number of alkyl carbamates (subject to hydrolysis) is 1. The van der Waals surface area contributed by atoms with Crippen molar-refractivity contribution in [3.63, 3.8) is 0 Å². The smallest absolute Gasteiger partial charge is 0.407 e. The van der Waals surface area contributed by atoms with E-state index >= 15 is 0 Å². The molecule has 1 aliphatic rings. The van der Waals surface area contributed by atoms with Crippen LogP contribution < -0.4 is 16.0 Å². The molecule has 0 saturated carbocycles. The minimum absolute atomic E-state index is 0. The number of rotatable bonds is 4. The van der Waals surface area contributed by atoms with Gasteiger partial charge in [0.1, 0.15) is 5.60 Å². The standard InChI is InChI=1S/C20H31N5O3.HI/c1-14(26)23-16-8-6-7-15(11-16)12-22-18(21-5)25-10-9-17(13-25)24-19(27)28-20(2,3)4;/h6-8,11,17H,9-10,12-13H2,1-5H3,(H,21,22)(H,23,26)(H,24,27);1H. The number of ether oxygens (including phenoxy) is 1. The second-order valence-electron chi connectivity index (χ2n) is 7.86. The van der Waals surface area contributed by atoms with Crippen molar-refractivity contribution in [2.24, 2.45) is 4.99 Å². The highest BCUT2D eigenvalue weighted by atomic mass is 127. The lowest BCUT2D eigenvalue weighted by Gasteiger charge is -2.23. The number of carbonyl (C=O) groups is 2. The summed E-state index contributed by atoms with van der Waals surface area (Å²) < 4.78 is 5.32. The molecule has 9 heteroatoms. The number of carbonyl (C=O) groups excluding carboxylic acids is 2. The van der Waals surface area contributed by atoms with Crippen molar-refractivity contribution in [1.82, 2.24) is 15.5 Å². The van der Waals surface area contributed by atoms with Crippen LogP contribution in [0.4, 0.5) is 10.5 Å². The van der Waals surface area contributed by atoms with Gasteiger partial charge in [0.2, 0.25) is 5.91 Å². The van der Waals surface area contributed by atoms with Gasteiger partial charge >= 0.3 is 6.09 Å². The van der Waals surface area contributed by atoms with Crippen LogP contribution >= 0.6 is 24.0 Å². The van der Waals surface area contributed by atoms with Gasteiger partial charge in [-0.25, -0.2) is 4.79 Å². The van der Waals surface area contributed by atoms with Crippen molar-refractivity contribution in [2.75, 3.05) is 25.5 Å². The Kier molecular flexibility index (Phi) is 9.67. The molecule has 1 atom stereocenters.